The zero-order valence-corrected chi connectivity index (χ0v) is 8.37. The molecule has 3 heteroatoms. The second-order valence-electron chi connectivity index (χ2n) is 2.93. The summed E-state index contributed by atoms with van der Waals surface area (Å²) in [6.07, 6.45) is 4.38. The van der Waals surface area contributed by atoms with Gasteiger partial charge in [0.1, 0.15) is 12.2 Å². The van der Waals surface area contributed by atoms with Gasteiger partial charge in [0.25, 0.3) is 0 Å². The van der Waals surface area contributed by atoms with Crippen LogP contribution in [0.5, 0.6) is 0 Å². The van der Waals surface area contributed by atoms with Crippen LogP contribution >= 0.6 is 0 Å². The third-order valence-electron chi connectivity index (χ3n) is 1.82. The van der Waals surface area contributed by atoms with Crippen molar-refractivity contribution in [2.75, 3.05) is 7.11 Å². The van der Waals surface area contributed by atoms with Crippen molar-refractivity contribution < 1.29 is 14.3 Å². The fourth-order valence-electron chi connectivity index (χ4n) is 0.860. The molecule has 0 aromatic rings. The predicted molar refractivity (Wildman–Crippen MR) is 50.2 cm³/mol. The van der Waals surface area contributed by atoms with Crippen molar-refractivity contribution in [1.29, 1.82) is 0 Å². The molecule has 0 saturated carbocycles. The number of methoxy groups -OCH3 is 1. The van der Waals surface area contributed by atoms with E-state index in [1.165, 1.54) is 7.11 Å². The van der Waals surface area contributed by atoms with E-state index in [9.17, 15) is 9.59 Å². The van der Waals surface area contributed by atoms with E-state index < -0.39 is 5.97 Å². The van der Waals surface area contributed by atoms with Crippen molar-refractivity contribution in [2.45, 2.75) is 26.7 Å². The molecule has 0 N–H and O–H groups in total. The maximum atomic E-state index is 11.3. The maximum Gasteiger partial charge on any atom is 0.313 e. The number of hydrogen-bond acceptors (Lipinski definition) is 3. The van der Waals surface area contributed by atoms with Crippen molar-refractivity contribution in [1.82, 2.24) is 0 Å². The lowest BCUT2D eigenvalue weighted by Crippen LogP contribution is -2.15. The molecule has 0 radical (unpaired) electrons. The summed E-state index contributed by atoms with van der Waals surface area (Å²) in [6, 6.07) is 0. The molecule has 0 aliphatic heterocycles. The third kappa shape index (κ3) is 5.17. The highest BCUT2D eigenvalue weighted by Gasteiger charge is 2.15. The number of allylic oxidation sites excluding steroid dienone is 2. The monoisotopic (exact) mass is 184 g/mol. The molecule has 0 aliphatic carbocycles. The minimum absolute atomic E-state index is 0.0649. The quantitative estimate of drug-likeness (QED) is 0.371. The van der Waals surface area contributed by atoms with Gasteiger partial charge in [-0.2, -0.15) is 0 Å². The van der Waals surface area contributed by atoms with E-state index in [0.717, 1.165) is 0 Å². The van der Waals surface area contributed by atoms with E-state index in [1.54, 1.807) is 0 Å². The molecule has 74 valence electrons. The average molecular weight is 184 g/mol. The van der Waals surface area contributed by atoms with Gasteiger partial charge in [-0.15, -0.1) is 0 Å². The van der Waals surface area contributed by atoms with Crippen LogP contribution in [-0.2, 0) is 14.3 Å². The van der Waals surface area contributed by atoms with Crippen LogP contribution in [0.3, 0.4) is 0 Å². The number of Topliss-reactive ketones (excluding diaryl/α,β-unsaturated/α-hetero) is 1. The highest BCUT2D eigenvalue weighted by molar-refractivity contribution is 5.96. The van der Waals surface area contributed by atoms with Crippen LogP contribution in [0.2, 0.25) is 0 Å². The van der Waals surface area contributed by atoms with Crippen molar-refractivity contribution in [3.63, 3.8) is 0 Å². The molecule has 0 aromatic carbocycles. The molecule has 0 aromatic heterocycles. The Morgan fingerprint density at radius 3 is 2.54 bits per heavy atom. The van der Waals surface area contributed by atoms with Gasteiger partial charge in [-0.3, -0.25) is 9.59 Å². The van der Waals surface area contributed by atoms with Crippen LogP contribution in [0.1, 0.15) is 26.7 Å². The SMILES string of the molecule is C/C=C/CC(C)C(=O)CC(=O)OC. The van der Waals surface area contributed by atoms with E-state index in [4.69, 9.17) is 0 Å². The molecule has 13 heavy (non-hydrogen) atoms. The Labute approximate surface area is 78.8 Å². The number of ether oxygens (including phenoxy) is 1. The van der Waals surface area contributed by atoms with E-state index >= 15 is 0 Å². The number of carbonyl (C=O) groups is 2. The Morgan fingerprint density at radius 2 is 2.08 bits per heavy atom. The fourth-order valence-corrected chi connectivity index (χ4v) is 0.860. The highest BCUT2D eigenvalue weighted by atomic mass is 16.5. The first-order valence-electron chi connectivity index (χ1n) is 4.32. The third-order valence-corrected chi connectivity index (χ3v) is 1.82. The standard InChI is InChI=1S/C10H16O3/c1-4-5-6-8(2)9(11)7-10(12)13-3/h4-5,8H,6-7H2,1-3H3/b5-4+. The van der Waals surface area contributed by atoms with Crippen LogP contribution in [0, 0.1) is 5.92 Å². The Morgan fingerprint density at radius 1 is 1.46 bits per heavy atom. The Balaban J connectivity index is 3.89. The largest absolute Gasteiger partial charge is 0.469 e. The lowest BCUT2D eigenvalue weighted by atomic mass is 10.00. The minimum atomic E-state index is -0.461. The van der Waals surface area contributed by atoms with Gasteiger partial charge in [-0.05, 0) is 13.3 Å². The van der Waals surface area contributed by atoms with Gasteiger partial charge in [0.15, 0.2) is 0 Å². The number of ketones is 1. The van der Waals surface area contributed by atoms with Gasteiger partial charge in [-0.25, -0.2) is 0 Å². The molecule has 0 spiro atoms. The summed E-state index contributed by atoms with van der Waals surface area (Å²) in [5, 5.41) is 0. The lowest BCUT2D eigenvalue weighted by molar-refractivity contribution is -0.144. The van der Waals surface area contributed by atoms with Crippen molar-refractivity contribution in [3.05, 3.63) is 12.2 Å². The maximum absolute atomic E-state index is 11.3. The topological polar surface area (TPSA) is 43.4 Å². The predicted octanol–water partition coefficient (Wildman–Crippen LogP) is 1.72. The number of carbonyl (C=O) groups excluding carboxylic acids is 2. The van der Waals surface area contributed by atoms with E-state index in [1.807, 2.05) is 26.0 Å². The van der Waals surface area contributed by atoms with Crippen molar-refractivity contribution in [2.24, 2.45) is 5.92 Å². The number of esters is 1. The Hall–Kier alpha value is -1.12. The molecule has 0 bridgehead atoms. The number of rotatable bonds is 5. The minimum Gasteiger partial charge on any atom is -0.469 e. The molecule has 0 saturated heterocycles. The first-order chi connectivity index (χ1) is 6.11. The van der Waals surface area contributed by atoms with Crippen LogP contribution in [0.15, 0.2) is 12.2 Å². The highest BCUT2D eigenvalue weighted by Crippen LogP contribution is 2.07. The smallest absolute Gasteiger partial charge is 0.313 e. The Bertz CT molecular complexity index is 206. The molecule has 0 rings (SSSR count). The van der Waals surface area contributed by atoms with E-state index in [2.05, 4.69) is 4.74 Å². The molecule has 1 atom stereocenters. The molecule has 1 unspecified atom stereocenters. The van der Waals surface area contributed by atoms with Crippen molar-refractivity contribution >= 4 is 11.8 Å². The zero-order chi connectivity index (χ0) is 10.3. The van der Waals surface area contributed by atoms with E-state index in [0.29, 0.717) is 6.42 Å². The van der Waals surface area contributed by atoms with Gasteiger partial charge in [0.05, 0.1) is 7.11 Å². The van der Waals surface area contributed by atoms with Gasteiger partial charge in [0, 0.05) is 5.92 Å². The average Bonchev–Trinajstić information content (AvgIpc) is 2.13. The summed E-state index contributed by atoms with van der Waals surface area (Å²) in [5.74, 6) is -0.627. The molecule has 0 heterocycles. The molecule has 3 nitrogen and oxygen atoms in total. The molecule has 0 aliphatic rings. The summed E-state index contributed by atoms with van der Waals surface area (Å²) >= 11 is 0. The first-order valence-corrected chi connectivity index (χ1v) is 4.32. The lowest BCUT2D eigenvalue weighted by Gasteiger charge is -2.05. The summed E-state index contributed by atoms with van der Waals surface area (Å²) in [6.45, 7) is 3.71. The number of hydrogen-bond donors (Lipinski definition) is 0. The van der Waals surface area contributed by atoms with E-state index in [-0.39, 0.29) is 18.1 Å². The van der Waals surface area contributed by atoms with Crippen LogP contribution < -0.4 is 0 Å². The molecule has 0 fully saturated rings. The van der Waals surface area contributed by atoms with Gasteiger partial charge in [-0.1, -0.05) is 19.1 Å². The normalized spacial score (nSPS) is 12.8. The molecule has 0 amide bonds. The van der Waals surface area contributed by atoms with Crippen LogP contribution in [-0.4, -0.2) is 18.9 Å². The fraction of sp³-hybridized carbons (Fsp3) is 0.600. The summed E-state index contributed by atoms with van der Waals surface area (Å²) in [7, 11) is 1.28. The Kier molecular flexibility index (Phi) is 5.85. The van der Waals surface area contributed by atoms with Crippen LogP contribution in [0.4, 0.5) is 0 Å². The summed E-state index contributed by atoms with van der Waals surface area (Å²) in [4.78, 5) is 22.0. The summed E-state index contributed by atoms with van der Waals surface area (Å²) < 4.78 is 4.40. The first kappa shape index (κ1) is 11.9. The summed E-state index contributed by atoms with van der Waals surface area (Å²) in [5.41, 5.74) is 0. The van der Waals surface area contributed by atoms with Crippen molar-refractivity contribution in [3.8, 4) is 0 Å². The molecular formula is C10H16O3. The van der Waals surface area contributed by atoms with Gasteiger partial charge >= 0.3 is 5.97 Å². The second-order valence-corrected chi connectivity index (χ2v) is 2.93. The zero-order valence-electron chi connectivity index (χ0n) is 8.37. The van der Waals surface area contributed by atoms with Gasteiger partial charge in [0.2, 0.25) is 0 Å². The molecular weight excluding hydrogens is 168 g/mol. The second kappa shape index (κ2) is 6.40. The van der Waals surface area contributed by atoms with Crippen LogP contribution in [0.25, 0.3) is 0 Å². The van der Waals surface area contributed by atoms with Gasteiger partial charge < -0.3 is 4.74 Å².